The fourth-order valence-electron chi connectivity index (χ4n) is 6.99. The molecule has 33 heavy (non-hydrogen) atoms. The Morgan fingerprint density at radius 3 is 2.24 bits per heavy atom. The summed E-state index contributed by atoms with van der Waals surface area (Å²) in [5.41, 5.74) is 1.62. The molecule has 0 unspecified atom stereocenters. The number of hydrogen-bond acceptors (Lipinski definition) is 6. The Morgan fingerprint density at radius 2 is 1.64 bits per heavy atom. The Kier molecular flexibility index (Phi) is 5.70. The van der Waals surface area contributed by atoms with Crippen molar-refractivity contribution in [2.75, 3.05) is 13.1 Å². The molecule has 1 aromatic carbocycles. The maximum absolute atomic E-state index is 13.9. The van der Waals surface area contributed by atoms with Crippen molar-refractivity contribution in [1.29, 1.82) is 0 Å². The van der Waals surface area contributed by atoms with Crippen LogP contribution in [0.25, 0.3) is 0 Å². The van der Waals surface area contributed by atoms with Crippen LogP contribution < -0.4 is 16.1 Å². The molecule has 1 spiro atoms. The molecular formula is C24H30N4O5. The van der Waals surface area contributed by atoms with E-state index in [-0.39, 0.29) is 17.7 Å². The molecule has 5 fully saturated rings. The summed E-state index contributed by atoms with van der Waals surface area (Å²) in [5, 5.41) is 14.6. The van der Waals surface area contributed by atoms with Gasteiger partial charge in [0.1, 0.15) is 12.1 Å². The topological polar surface area (TPSA) is 128 Å². The molecule has 9 heteroatoms. The Labute approximate surface area is 192 Å². The number of nitrogens with zero attached hydrogens (tertiary/aromatic N) is 1. The number of nitrogens with one attached hydrogen (secondary N) is 3. The van der Waals surface area contributed by atoms with Crippen LogP contribution in [-0.4, -0.2) is 58.4 Å². The molecule has 1 saturated heterocycles. The van der Waals surface area contributed by atoms with E-state index >= 15 is 0 Å². The Balaban J connectivity index is 1.43. The van der Waals surface area contributed by atoms with E-state index < -0.39 is 42.4 Å². The third-order valence-corrected chi connectivity index (χ3v) is 8.16. The molecule has 4 saturated carbocycles. The lowest BCUT2D eigenvalue weighted by Crippen LogP contribution is -2.79. The van der Waals surface area contributed by atoms with Crippen LogP contribution in [-0.2, 0) is 25.6 Å². The summed E-state index contributed by atoms with van der Waals surface area (Å²) in [6, 6.07) is 9.07. The smallest absolute Gasteiger partial charge is 0.262 e. The number of carbonyl (C=O) groups excluding carboxylic acids is 4. The fourth-order valence-corrected chi connectivity index (χ4v) is 6.99. The first kappa shape index (κ1) is 22.0. The number of hydrogen-bond donors (Lipinski definition) is 4. The van der Waals surface area contributed by atoms with Crippen LogP contribution in [0.15, 0.2) is 30.3 Å². The largest absolute Gasteiger partial charge is 0.345 e. The summed E-state index contributed by atoms with van der Waals surface area (Å²) in [7, 11) is 0. The second-order valence-electron chi connectivity index (χ2n) is 10.1. The minimum atomic E-state index is -0.816. The highest BCUT2D eigenvalue weighted by molar-refractivity contribution is 6.07. The lowest BCUT2D eigenvalue weighted by atomic mass is 9.47. The average Bonchev–Trinajstić information content (AvgIpc) is 2.81. The maximum Gasteiger partial charge on any atom is 0.262 e. The highest BCUT2D eigenvalue weighted by Gasteiger charge is 2.65. The number of imide groups is 1. The van der Waals surface area contributed by atoms with Crippen LogP contribution in [0.5, 0.6) is 0 Å². The van der Waals surface area contributed by atoms with Crippen molar-refractivity contribution in [3.8, 4) is 0 Å². The van der Waals surface area contributed by atoms with Crippen LogP contribution in [0.4, 0.5) is 0 Å². The van der Waals surface area contributed by atoms with Gasteiger partial charge in [-0.1, -0.05) is 30.3 Å². The zero-order valence-electron chi connectivity index (χ0n) is 18.5. The van der Waals surface area contributed by atoms with E-state index in [1.165, 1.54) is 11.9 Å². The van der Waals surface area contributed by atoms with Gasteiger partial charge in [-0.15, -0.1) is 0 Å². The molecule has 176 valence electrons. The molecule has 4 bridgehead atoms. The fraction of sp³-hybridized carbons (Fsp3) is 0.583. The van der Waals surface area contributed by atoms with E-state index in [9.17, 15) is 19.2 Å². The van der Waals surface area contributed by atoms with Crippen molar-refractivity contribution in [3.63, 3.8) is 0 Å². The van der Waals surface area contributed by atoms with Crippen LogP contribution in [0.3, 0.4) is 0 Å². The highest BCUT2D eigenvalue weighted by atomic mass is 16.5. The van der Waals surface area contributed by atoms with Crippen LogP contribution in [0, 0.1) is 23.7 Å². The van der Waals surface area contributed by atoms with Crippen LogP contribution >= 0.6 is 0 Å². The van der Waals surface area contributed by atoms with Gasteiger partial charge in [-0.2, -0.15) is 0 Å². The lowest BCUT2D eigenvalue weighted by molar-refractivity contribution is -0.174. The van der Waals surface area contributed by atoms with Gasteiger partial charge in [-0.25, -0.2) is 5.48 Å². The molecule has 9 nitrogen and oxygen atoms in total. The van der Waals surface area contributed by atoms with Gasteiger partial charge < -0.3 is 5.32 Å². The molecular weight excluding hydrogens is 424 g/mol. The Bertz CT molecular complexity index is 937. The van der Waals surface area contributed by atoms with Gasteiger partial charge in [-0.05, 0) is 67.8 Å². The second-order valence-corrected chi connectivity index (χ2v) is 10.1. The van der Waals surface area contributed by atoms with E-state index in [2.05, 4.69) is 10.6 Å². The Morgan fingerprint density at radius 1 is 1.00 bits per heavy atom. The predicted molar refractivity (Wildman–Crippen MR) is 117 cm³/mol. The van der Waals surface area contributed by atoms with E-state index in [0.29, 0.717) is 18.3 Å². The minimum absolute atomic E-state index is 0.165. The van der Waals surface area contributed by atoms with E-state index in [1.807, 2.05) is 30.3 Å². The number of rotatable bonds is 6. The van der Waals surface area contributed by atoms with Gasteiger partial charge in [0.25, 0.3) is 11.8 Å². The number of hydroxylamine groups is 1. The van der Waals surface area contributed by atoms with Crippen molar-refractivity contribution >= 4 is 23.6 Å². The van der Waals surface area contributed by atoms with Crippen molar-refractivity contribution in [2.24, 2.45) is 23.7 Å². The van der Waals surface area contributed by atoms with Gasteiger partial charge in [0.05, 0.1) is 12.6 Å². The quantitative estimate of drug-likeness (QED) is 0.279. The highest BCUT2D eigenvalue weighted by Crippen LogP contribution is 2.59. The van der Waals surface area contributed by atoms with E-state index in [4.69, 9.17) is 5.21 Å². The summed E-state index contributed by atoms with van der Waals surface area (Å²) in [5.74, 6) is -0.479. The van der Waals surface area contributed by atoms with Crippen molar-refractivity contribution in [3.05, 3.63) is 35.9 Å². The summed E-state index contributed by atoms with van der Waals surface area (Å²) < 4.78 is 0. The van der Waals surface area contributed by atoms with Gasteiger partial charge >= 0.3 is 0 Å². The molecule has 0 radical (unpaired) electrons. The normalized spacial score (nSPS) is 34.6. The molecule has 0 aromatic heterocycles. The van der Waals surface area contributed by atoms with Crippen molar-refractivity contribution in [1.82, 2.24) is 21.0 Å². The van der Waals surface area contributed by atoms with Crippen molar-refractivity contribution < 1.29 is 24.4 Å². The van der Waals surface area contributed by atoms with Gasteiger partial charge in [-0.3, -0.25) is 34.6 Å². The zero-order chi connectivity index (χ0) is 23.2. The summed E-state index contributed by atoms with van der Waals surface area (Å²) in [6.45, 7) is -0.867. The second kappa shape index (κ2) is 8.53. The standard InChI is InChI=1S/C24H30N4O5/c29-20(27-33)12-25-21(30)13-28-22(31)19(11-14-4-2-1-3-5-14)26-24(23(28)32)17-7-15-6-16(9-17)10-18(24)8-15/h1-5,15-19,26,33H,6-13H2,(H,25,30)(H,27,29)/t15?,16?,17?,18?,19-,24?/m0/s1. The van der Waals surface area contributed by atoms with Crippen LogP contribution in [0.2, 0.25) is 0 Å². The number of carbonyl (C=O) groups is 4. The SMILES string of the molecule is O=C(CNC(=O)CN1C(=O)[C@H](Cc2ccccc2)NC2(C1=O)C1CC3CC(C1)CC2C3)NO. The molecule has 4 N–H and O–H groups in total. The molecule has 4 aliphatic carbocycles. The minimum Gasteiger partial charge on any atom is -0.345 e. The molecule has 1 atom stereocenters. The third kappa shape index (κ3) is 3.83. The molecule has 1 aromatic rings. The summed E-state index contributed by atoms with van der Waals surface area (Å²) in [4.78, 5) is 52.3. The zero-order valence-corrected chi connectivity index (χ0v) is 18.5. The predicted octanol–water partition coefficient (Wildman–Crippen LogP) is 0.373. The lowest BCUT2D eigenvalue weighted by Gasteiger charge is -2.63. The number of piperazine rings is 1. The van der Waals surface area contributed by atoms with Gasteiger partial charge in [0.2, 0.25) is 11.8 Å². The first-order valence-electron chi connectivity index (χ1n) is 11.8. The maximum atomic E-state index is 13.9. The first-order valence-corrected chi connectivity index (χ1v) is 11.8. The van der Waals surface area contributed by atoms with Gasteiger partial charge in [0, 0.05) is 0 Å². The molecule has 1 heterocycles. The first-order chi connectivity index (χ1) is 15.9. The van der Waals surface area contributed by atoms with Gasteiger partial charge in [0.15, 0.2) is 0 Å². The summed E-state index contributed by atoms with van der Waals surface area (Å²) in [6.07, 6.45) is 5.60. The Hall–Kier alpha value is -2.78. The third-order valence-electron chi connectivity index (χ3n) is 8.16. The van der Waals surface area contributed by atoms with Crippen LogP contribution in [0.1, 0.15) is 37.7 Å². The average molecular weight is 455 g/mol. The molecule has 6 rings (SSSR count). The molecule has 5 aliphatic rings. The van der Waals surface area contributed by atoms with E-state index in [0.717, 1.165) is 36.1 Å². The monoisotopic (exact) mass is 454 g/mol. The number of benzene rings is 1. The number of amides is 4. The molecule has 4 amide bonds. The van der Waals surface area contributed by atoms with Crippen molar-refractivity contribution in [2.45, 2.75) is 50.1 Å². The van der Waals surface area contributed by atoms with E-state index in [1.54, 1.807) is 0 Å². The molecule has 1 aliphatic heterocycles. The summed E-state index contributed by atoms with van der Waals surface area (Å²) >= 11 is 0.